The molecule has 0 bridgehead atoms. The van der Waals surface area contributed by atoms with Crippen molar-refractivity contribution in [1.82, 2.24) is 4.90 Å². The molecule has 5 heteroatoms. The van der Waals surface area contributed by atoms with Crippen LogP contribution in [0.2, 0.25) is 0 Å². The number of hydrogen-bond donors (Lipinski definition) is 1. The minimum absolute atomic E-state index is 0.0146. The molecule has 1 unspecified atom stereocenters. The molecule has 5 nitrogen and oxygen atoms in total. The van der Waals surface area contributed by atoms with Gasteiger partial charge in [0.05, 0.1) is 0 Å². The fourth-order valence-corrected chi connectivity index (χ4v) is 3.86. The highest BCUT2D eigenvalue weighted by atomic mass is 16.4. The van der Waals surface area contributed by atoms with Gasteiger partial charge in [-0.3, -0.25) is 14.4 Å². The number of nitrogens with zero attached hydrogens (tertiary/aromatic N) is 1. The van der Waals surface area contributed by atoms with Gasteiger partial charge in [-0.1, -0.05) is 54.6 Å². The SMILES string of the molecule is O=C(O)CCC1CCCN(C(=O)CCC(=O)c2ccc(-c3ccccc3)cc2)C1. The van der Waals surface area contributed by atoms with E-state index in [1.165, 1.54) is 0 Å². The number of carbonyl (C=O) groups excluding carboxylic acids is 2. The highest BCUT2D eigenvalue weighted by molar-refractivity contribution is 5.98. The first-order chi connectivity index (χ1) is 14.0. The van der Waals surface area contributed by atoms with Crippen LogP contribution in [-0.2, 0) is 9.59 Å². The predicted molar refractivity (Wildman–Crippen MR) is 112 cm³/mol. The number of likely N-dealkylation sites (tertiary alicyclic amines) is 1. The number of carboxylic acids is 1. The maximum absolute atomic E-state index is 12.5. The molecule has 0 spiro atoms. The van der Waals surface area contributed by atoms with Crippen LogP contribution in [-0.4, -0.2) is 40.8 Å². The second-order valence-electron chi connectivity index (χ2n) is 7.65. The first-order valence-corrected chi connectivity index (χ1v) is 10.2. The molecular formula is C24H27NO4. The molecule has 1 aliphatic rings. The predicted octanol–water partition coefficient (Wildman–Crippen LogP) is 4.42. The van der Waals surface area contributed by atoms with Gasteiger partial charge in [0.25, 0.3) is 0 Å². The van der Waals surface area contributed by atoms with Crippen LogP contribution in [0.15, 0.2) is 54.6 Å². The Labute approximate surface area is 171 Å². The van der Waals surface area contributed by atoms with Gasteiger partial charge >= 0.3 is 5.97 Å². The van der Waals surface area contributed by atoms with Gasteiger partial charge in [0.1, 0.15) is 0 Å². The van der Waals surface area contributed by atoms with E-state index in [0.29, 0.717) is 25.1 Å². The van der Waals surface area contributed by atoms with Crippen molar-refractivity contribution < 1.29 is 19.5 Å². The zero-order valence-corrected chi connectivity index (χ0v) is 16.5. The van der Waals surface area contributed by atoms with E-state index in [9.17, 15) is 14.4 Å². The summed E-state index contributed by atoms with van der Waals surface area (Å²) < 4.78 is 0. The van der Waals surface area contributed by atoms with Gasteiger partial charge in [0.15, 0.2) is 5.78 Å². The number of rotatable bonds is 8. The quantitative estimate of drug-likeness (QED) is 0.674. The molecular weight excluding hydrogens is 366 g/mol. The Hall–Kier alpha value is -2.95. The zero-order chi connectivity index (χ0) is 20.6. The van der Waals surface area contributed by atoms with E-state index in [0.717, 1.165) is 24.0 Å². The number of aliphatic carboxylic acids is 1. The highest BCUT2D eigenvalue weighted by Crippen LogP contribution is 2.23. The van der Waals surface area contributed by atoms with Crippen molar-refractivity contribution >= 4 is 17.7 Å². The third-order valence-electron chi connectivity index (χ3n) is 5.52. The monoisotopic (exact) mass is 393 g/mol. The Morgan fingerprint density at radius 2 is 1.59 bits per heavy atom. The van der Waals surface area contributed by atoms with Crippen molar-refractivity contribution in [2.45, 2.75) is 38.5 Å². The molecule has 1 fully saturated rings. The summed E-state index contributed by atoms with van der Waals surface area (Å²) in [5.41, 5.74) is 2.78. The first kappa shape index (κ1) is 20.8. The topological polar surface area (TPSA) is 74.7 Å². The van der Waals surface area contributed by atoms with E-state index in [1.807, 2.05) is 54.6 Å². The molecule has 3 rings (SSSR count). The third kappa shape index (κ3) is 6.01. The van der Waals surface area contributed by atoms with Crippen molar-refractivity contribution in [1.29, 1.82) is 0 Å². The summed E-state index contributed by atoms with van der Waals surface area (Å²) in [5.74, 6) is -0.598. The third-order valence-corrected chi connectivity index (χ3v) is 5.52. The molecule has 1 heterocycles. The molecule has 1 atom stereocenters. The Morgan fingerprint density at radius 1 is 0.897 bits per heavy atom. The molecule has 0 aliphatic carbocycles. The molecule has 2 aromatic rings. The summed E-state index contributed by atoms with van der Waals surface area (Å²) in [6, 6.07) is 17.5. The fourth-order valence-electron chi connectivity index (χ4n) is 3.86. The lowest BCUT2D eigenvalue weighted by Crippen LogP contribution is -2.40. The lowest BCUT2D eigenvalue weighted by molar-refractivity contribution is -0.137. The Balaban J connectivity index is 1.49. The second kappa shape index (κ2) is 10.0. The minimum atomic E-state index is -0.794. The van der Waals surface area contributed by atoms with Gasteiger partial charge in [-0.05, 0) is 36.3 Å². The molecule has 0 radical (unpaired) electrons. The van der Waals surface area contributed by atoms with Crippen LogP contribution >= 0.6 is 0 Å². The van der Waals surface area contributed by atoms with Crippen molar-refractivity contribution in [2.75, 3.05) is 13.1 Å². The summed E-state index contributed by atoms with van der Waals surface area (Å²) in [7, 11) is 0. The summed E-state index contributed by atoms with van der Waals surface area (Å²) >= 11 is 0. The summed E-state index contributed by atoms with van der Waals surface area (Å²) in [6.45, 7) is 1.30. The largest absolute Gasteiger partial charge is 0.481 e. The van der Waals surface area contributed by atoms with E-state index in [1.54, 1.807) is 4.90 Å². The number of benzene rings is 2. The van der Waals surface area contributed by atoms with Crippen LogP contribution < -0.4 is 0 Å². The molecule has 29 heavy (non-hydrogen) atoms. The van der Waals surface area contributed by atoms with Gasteiger partial charge in [-0.2, -0.15) is 0 Å². The average Bonchev–Trinajstić information content (AvgIpc) is 2.76. The van der Waals surface area contributed by atoms with Crippen molar-refractivity contribution in [3.8, 4) is 11.1 Å². The van der Waals surface area contributed by atoms with Crippen LogP contribution in [0.3, 0.4) is 0 Å². The van der Waals surface area contributed by atoms with Crippen LogP contribution in [0.5, 0.6) is 0 Å². The van der Waals surface area contributed by atoms with Gasteiger partial charge in [-0.15, -0.1) is 0 Å². The molecule has 152 valence electrons. The lowest BCUT2D eigenvalue weighted by Gasteiger charge is -2.32. The van der Waals surface area contributed by atoms with Gasteiger partial charge < -0.3 is 10.0 Å². The number of Topliss-reactive ketones (excluding diaryl/α,β-unsaturated/α-hetero) is 1. The van der Waals surface area contributed by atoms with Gasteiger partial charge in [-0.25, -0.2) is 0 Å². The minimum Gasteiger partial charge on any atom is -0.481 e. The van der Waals surface area contributed by atoms with Crippen LogP contribution in [0.1, 0.15) is 48.9 Å². The lowest BCUT2D eigenvalue weighted by atomic mass is 9.93. The molecule has 2 aromatic carbocycles. The highest BCUT2D eigenvalue weighted by Gasteiger charge is 2.24. The van der Waals surface area contributed by atoms with Crippen molar-refractivity contribution in [3.05, 3.63) is 60.2 Å². The number of hydrogen-bond acceptors (Lipinski definition) is 3. The normalized spacial score (nSPS) is 16.4. The average molecular weight is 393 g/mol. The van der Waals surface area contributed by atoms with Gasteiger partial charge in [0, 0.05) is 37.9 Å². The van der Waals surface area contributed by atoms with Crippen molar-refractivity contribution in [2.24, 2.45) is 5.92 Å². The van der Waals surface area contributed by atoms with Crippen LogP contribution in [0, 0.1) is 5.92 Å². The summed E-state index contributed by atoms with van der Waals surface area (Å²) in [4.78, 5) is 37.5. The van der Waals surface area contributed by atoms with E-state index in [2.05, 4.69) is 0 Å². The second-order valence-corrected chi connectivity index (χ2v) is 7.65. The molecule has 1 aliphatic heterocycles. The Kier molecular flexibility index (Phi) is 7.17. The van der Waals surface area contributed by atoms with E-state index in [-0.39, 0.29) is 36.9 Å². The first-order valence-electron chi connectivity index (χ1n) is 10.2. The number of amides is 1. The van der Waals surface area contributed by atoms with E-state index < -0.39 is 5.97 Å². The number of piperidine rings is 1. The van der Waals surface area contributed by atoms with Crippen LogP contribution in [0.4, 0.5) is 0 Å². The Morgan fingerprint density at radius 3 is 2.28 bits per heavy atom. The van der Waals surface area contributed by atoms with Crippen LogP contribution in [0.25, 0.3) is 11.1 Å². The number of carboxylic acid groups (broad SMARTS) is 1. The molecule has 0 saturated carbocycles. The molecule has 0 aromatic heterocycles. The van der Waals surface area contributed by atoms with E-state index in [4.69, 9.17) is 5.11 Å². The smallest absolute Gasteiger partial charge is 0.303 e. The maximum atomic E-state index is 12.5. The molecule has 1 N–H and O–H groups in total. The Bertz CT molecular complexity index is 845. The standard InChI is InChI=1S/C24H27NO4/c26-22(21-11-9-20(10-12-21)19-6-2-1-3-7-19)13-14-23(27)25-16-4-5-18(17-25)8-15-24(28)29/h1-3,6-7,9-12,18H,4-5,8,13-17H2,(H,28,29). The zero-order valence-electron chi connectivity index (χ0n) is 16.5. The number of ketones is 1. The summed E-state index contributed by atoms with van der Waals surface area (Å²) in [6.07, 6.45) is 3.00. The fraction of sp³-hybridized carbons (Fsp3) is 0.375. The number of carbonyl (C=O) groups is 3. The maximum Gasteiger partial charge on any atom is 0.303 e. The molecule has 1 amide bonds. The van der Waals surface area contributed by atoms with Crippen molar-refractivity contribution in [3.63, 3.8) is 0 Å². The summed E-state index contributed by atoms with van der Waals surface area (Å²) in [5, 5.41) is 8.84. The molecule has 1 saturated heterocycles. The van der Waals surface area contributed by atoms with E-state index >= 15 is 0 Å². The van der Waals surface area contributed by atoms with Gasteiger partial charge in [0.2, 0.25) is 5.91 Å².